The standard InChI is InChI=1S/2C66H44N2O/c1-2-13-45(14-3-1)46-25-27-50(28-26-46)57-17-4-8-21-62(57)67(55-38-31-49(32-39-55)53-35-42-61-60-20-7-11-24-65(60)69-66(61)44-53)54-36-29-47(30-37-54)51-15-12-16-52(43-51)48-33-40-56(41-34-48)68-63-22-9-5-18-58(63)59-19-6-10-23-64(59)68;1-2-12-45(13-3-1)46-24-26-47(27-25-46)53-16-11-17-58(43-53)67(56-37-30-50(31-38-56)54-34-41-62-61-20-6-9-23-65(61)69-66(62)44-54)55-35-28-48(29-36-55)51-14-10-15-52(42-51)49-32-39-57(40-33-49)68-63-21-7-4-18-59(63)60-19-5-8-22-64(60)68/h2*1-44H. The number of rotatable bonds is 18. The molecule has 0 unspecified atom stereocenters. The molecule has 0 aliphatic rings. The van der Waals surface area contributed by atoms with Gasteiger partial charge in [-0.1, -0.05) is 370 Å². The van der Waals surface area contributed by atoms with Gasteiger partial charge >= 0.3 is 0 Å². The zero-order valence-electron chi connectivity index (χ0n) is 75.4. The van der Waals surface area contributed by atoms with E-state index in [2.05, 4.69) is 529 Å². The van der Waals surface area contributed by atoms with E-state index in [9.17, 15) is 0 Å². The largest absolute Gasteiger partial charge is 0.456 e. The Morgan fingerprint density at radius 3 is 0.761 bits per heavy atom. The number of fused-ring (bicyclic) bond motifs is 12. The molecule has 648 valence electrons. The first-order valence-corrected chi connectivity index (χ1v) is 47.1. The van der Waals surface area contributed by atoms with E-state index in [0.717, 1.165) is 139 Å². The molecule has 0 spiro atoms. The van der Waals surface area contributed by atoms with Gasteiger partial charge in [0.15, 0.2) is 0 Å². The molecular formula is C132H88N4O2. The molecule has 6 heteroatoms. The third-order valence-corrected chi connectivity index (χ3v) is 27.3. The average Bonchev–Trinajstić information content (AvgIpc) is 1.59. The quantitative estimate of drug-likeness (QED) is 0.0859. The first-order valence-electron chi connectivity index (χ1n) is 47.1. The SMILES string of the molecule is c1ccc(-c2ccc(-c3cccc(N(c4ccc(-c5cccc(-c6ccc(-n7c8ccccc8c8ccccc87)cc6)c5)cc4)c4ccc(-c5ccc6c(c5)oc5ccccc56)cc4)c3)cc2)cc1.c1ccc(-c2ccc(-c3ccccc3N(c3ccc(-c4cccc(-c5ccc(-n6c7ccccc7c7ccccc76)cc5)c4)cc3)c3ccc(-c4ccc5c(c4)oc4ccccc45)cc3)cc2)cc1. The number of hydrogen-bond acceptors (Lipinski definition) is 4. The molecule has 26 rings (SSSR count). The highest BCUT2D eigenvalue weighted by Gasteiger charge is 2.23. The van der Waals surface area contributed by atoms with Crippen molar-refractivity contribution in [1.82, 2.24) is 9.13 Å². The molecular weight excluding hydrogens is 1670 g/mol. The Bertz CT molecular complexity index is 8900. The summed E-state index contributed by atoms with van der Waals surface area (Å²) >= 11 is 0. The summed E-state index contributed by atoms with van der Waals surface area (Å²) in [5.41, 5.74) is 40.5. The lowest BCUT2D eigenvalue weighted by Crippen LogP contribution is -2.11. The van der Waals surface area contributed by atoms with Crippen LogP contribution in [-0.2, 0) is 0 Å². The molecule has 4 aromatic heterocycles. The zero-order valence-corrected chi connectivity index (χ0v) is 75.4. The van der Waals surface area contributed by atoms with Gasteiger partial charge in [-0.3, -0.25) is 0 Å². The van der Waals surface area contributed by atoms with Gasteiger partial charge in [0.1, 0.15) is 22.3 Å². The van der Waals surface area contributed by atoms with Gasteiger partial charge in [0.05, 0.1) is 27.8 Å². The molecule has 0 fully saturated rings. The lowest BCUT2D eigenvalue weighted by molar-refractivity contribution is 0.668. The molecule has 0 aliphatic carbocycles. The summed E-state index contributed by atoms with van der Waals surface area (Å²) in [6.45, 7) is 0. The lowest BCUT2D eigenvalue weighted by atomic mass is 9.97. The number of anilines is 6. The molecule has 0 N–H and O–H groups in total. The number of furan rings is 2. The van der Waals surface area contributed by atoms with Crippen LogP contribution in [0, 0.1) is 0 Å². The Labute approximate surface area is 800 Å². The molecule has 0 aliphatic heterocycles. The maximum Gasteiger partial charge on any atom is 0.136 e. The van der Waals surface area contributed by atoms with Gasteiger partial charge in [-0.15, -0.1) is 0 Å². The minimum Gasteiger partial charge on any atom is -0.456 e. The predicted octanol–water partition coefficient (Wildman–Crippen LogP) is 37.0. The second kappa shape index (κ2) is 35.3. The highest BCUT2D eigenvalue weighted by molar-refractivity contribution is 6.12. The van der Waals surface area contributed by atoms with Crippen molar-refractivity contribution in [2.75, 3.05) is 9.80 Å². The molecule has 138 heavy (non-hydrogen) atoms. The highest BCUT2D eigenvalue weighted by Crippen LogP contribution is 2.47. The van der Waals surface area contributed by atoms with E-state index in [1.54, 1.807) is 0 Å². The fourth-order valence-electron chi connectivity index (χ4n) is 20.4. The van der Waals surface area contributed by atoms with Gasteiger partial charge in [0, 0.05) is 88.5 Å². The minimum absolute atomic E-state index is 0.894. The van der Waals surface area contributed by atoms with Crippen molar-refractivity contribution < 1.29 is 8.83 Å². The van der Waals surface area contributed by atoms with E-state index in [-0.39, 0.29) is 0 Å². The summed E-state index contributed by atoms with van der Waals surface area (Å²) < 4.78 is 17.3. The zero-order chi connectivity index (χ0) is 91.4. The van der Waals surface area contributed by atoms with Gasteiger partial charge in [-0.2, -0.15) is 0 Å². The normalized spacial score (nSPS) is 11.5. The summed E-state index contributed by atoms with van der Waals surface area (Å²) in [5, 5.41) is 9.61. The van der Waals surface area contributed by atoms with Crippen LogP contribution in [0.3, 0.4) is 0 Å². The molecule has 0 bridgehead atoms. The molecule has 0 saturated heterocycles. The average molecular weight is 1760 g/mol. The predicted molar refractivity (Wildman–Crippen MR) is 580 cm³/mol. The Morgan fingerprint density at radius 1 is 0.138 bits per heavy atom. The van der Waals surface area contributed by atoms with Crippen molar-refractivity contribution in [2.45, 2.75) is 0 Å². The van der Waals surface area contributed by atoms with E-state index in [1.807, 2.05) is 24.3 Å². The first-order chi connectivity index (χ1) is 68.4. The molecule has 0 amide bonds. The number of para-hydroxylation sites is 7. The van der Waals surface area contributed by atoms with E-state index in [4.69, 9.17) is 8.83 Å². The second-order valence-electron chi connectivity index (χ2n) is 35.4. The van der Waals surface area contributed by atoms with Crippen LogP contribution in [0.1, 0.15) is 0 Å². The molecule has 22 aromatic carbocycles. The van der Waals surface area contributed by atoms with Crippen molar-refractivity contribution in [3.05, 3.63) is 534 Å². The fraction of sp³-hybridized carbons (Fsp3) is 0. The van der Waals surface area contributed by atoms with E-state index in [0.29, 0.717) is 0 Å². The van der Waals surface area contributed by atoms with Gasteiger partial charge in [-0.05, 0) is 269 Å². The van der Waals surface area contributed by atoms with Crippen LogP contribution in [0.25, 0.3) is 210 Å². The Kier molecular flexibility index (Phi) is 20.9. The number of benzene rings is 22. The van der Waals surface area contributed by atoms with Crippen molar-refractivity contribution in [2.24, 2.45) is 0 Å². The maximum absolute atomic E-state index is 6.28. The van der Waals surface area contributed by atoms with Crippen LogP contribution in [0.15, 0.2) is 543 Å². The number of aromatic nitrogens is 2. The van der Waals surface area contributed by atoms with Gasteiger partial charge in [0.2, 0.25) is 0 Å². The Balaban J connectivity index is 0.000000146. The third-order valence-electron chi connectivity index (χ3n) is 27.3. The Morgan fingerprint density at radius 2 is 0.384 bits per heavy atom. The minimum atomic E-state index is 0.894. The summed E-state index contributed by atoms with van der Waals surface area (Å²) in [6.07, 6.45) is 0. The summed E-state index contributed by atoms with van der Waals surface area (Å²) in [4.78, 5) is 4.73. The van der Waals surface area contributed by atoms with E-state index >= 15 is 0 Å². The Hall–Kier alpha value is -18.4. The van der Waals surface area contributed by atoms with Crippen LogP contribution in [0.5, 0.6) is 0 Å². The van der Waals surface area contributed by atoms with E-state index in [1.165, 1.54) is 105 Å². The van der Waals surface area contributed by atoms with Gasteiger partial charge in [0.25, 0.3) is 0 Å². The summed E-state index contributed by atoms with van der Waals surface area (Å²) in [7, 11) is 0. The van der Waals surface area contributed by atoms with Crippen LogP contribution < -0.4 is 9.80 Å². The fourth-order valence-corrected chi connectivity index (χ4v) is 20.4. The highest BCUT2D eigenvalue weighted by atomic mass is 16.3. The van der Waals surface area contributed by atoms with Crippen molar-refractivity contribution in [1.29, 1.82) is 0 Å². The van der Waals surface area contributed by atoms with Gasteiger partial charge < -0.3 is 27.8 Å². The third kappa shape index (κ3) is 15.4. The van der Waals surface area contributed by atoms with Crippen LogP contribution >= 0.6 is 0 Å². The molecule has 0 saturated carbocycles. The summed E-state index contributed by atoms with van der Waals surface area (Å²) in [6, 6.07) is 192. The number of nitrogens with zero attached hydrogens (tertiary/aromatic N) is 4. The smallest absolute Gasteiger partial charge is 0.136 e. The second-order valence-corrected chi connectivity index (χ2v) is 35.4. The van der Waals surface area contributed by atoms with Crippen LogP contribution in [0.2, 0.25) is 0 Å². The molecule has 6 nitrogen and oxygen atoms in total. The van der Waals surface area contributed by atoms with Crippen molar-refractivity contribution in [3.63, 3.8) is 0 Å². The van der Waals surface area contributed by atoms with Crippen LogP contribution in [0.4, 0.5) is 34.1 Å². The maximum atomic E-state index is 6.28. The van der Waals surface area contributed by atoms with Gasteiger partial charge in [-0.25, -0.2) is 0 Å². The topological polar surface area (TPSA) is 42.6 Å². The lowest BCUT2D eigenvalue weighted by Gasteiger charge is -2.28. The van der Waals surface area contributed by atoms with Crippen molar-refractivity contribution >= 4 is 122 Å². The monoisotopic (exact) mass is 1760 g/mol. The molecule has 0 radical (unpaired) electrons. The molecule has 0 atom stereocenters. The molecule has 26 aromatic rings. The van der Waals surface area contributed by atoms with Crippen molar-refractivity contribution in [3.8, 4) is 123 Å². The van der Waals surface area contributed by atoms with Crippen LogP contribution in [-0.4, -0.2) is 9.13 Å². The molecule has 4 heterocycles. The summed E-state index contributed by atoms with van der Waals surface area (Å²) in [5.74, 6) is 0. The van der Waals surface area contributed by atoms with E-state index < -0.39 is 0 Å². The number of hydrogen-bond donors (Lipinski definition) is 0. The first kappa shape index (κ1) is 81.6.